The second-order valence-corrected chi connectivity index (χ2v) is 2.97. The molecule has 46 valence electrons. The Hall–Kier alpha value is -0.110. The van der Waals surface area contributed by atoms with Crippen molar-refractivity contribution < 1.29 is 4.39 Å². The Labute approximate surface area is 48.3 Å². The SMILES string of the molecule is F[C@H]1CCC12CNC2. The molecule has 0 amide bonds. The zero-order valence-electron chi connectivity index (χ0n) is 4.78. The first kappa shape index (κ1) is 4.74. The van der Waals surface area contributed by atoms with E-state index in [0.29, 0.717) is 0 Å². The maximum atomic E-state index is 12.6. The van der Waals surface area contributed by atoms with Gasteiger partial charge < -0.3 is 5.32 Å². The molecule has 1 saturated carbocycles. The van der Waals surface area contributed by atoms with Crippen LogP contribution >= 0.6 is 0 Å². The third kappa shape index (κ3) is 0.356. The van der Waals surface area contributed by atoms with Gasteiger partial charge in [0.25, 0.3) is 0 Å². The van der Waals surface area contributed by atoms with Gasteiger partial charge in [-0.3, -0.25) is 0 Å². The predicted molar refractivity (Wildman–Crippen MR) is 29.4 cm³/mol. The van der Waals surface area contributed by atoms with Crippen molar-refractivity contribution in [3.63, 3.8) is 0 Å². The third-order valence-corrected chi connectivity index (χ3v) is 2.51. The highest BCUT2D eigenvalue weighted by molar-refractivity contribution is 5.04. The van der Waals surface area contributed by atoms with Gasteiger partial charge in [0.05, 0.1) is 0 Å². The van der Waals surface area contributed by atoms with Crippen molar-refractivity contribution in [2.45, 2.75) is 19.0 Å². The minimum Gasteiger partial charge on any atom is -0.315 e. The van der Waals surface area contributed by atoms with Gasteiger partial charge in [-0.05, 0) is 12.8 Å². The Bertz CT molecular complexity index is 104. The molecule has 8 heavy (non-hydrogen) atoms. The monoisotopic (exact) mass is 115 g/mol. The fourth-order valence-electron chi connectivity index (χ4n) is 1.51. The normalized spacial score (nSPS) is 40.9. The summed E-state index contributed by atoms with van der Waals surface area (Å²) in [5.74, 6) is 0. The molecular weight excluding hydrogens is 105 g/mol. The minimum absolute atomic E-state index is 0.125. The van der Waals surface area contributed by atoms with E-state index in [-0.39, 0.29) is 5.41 Å². The summed E-state index contributed by atoms with van der Waals surface area (Å²) in [6.45, 7) is 1.85. The summed E-state index contributed by atoms with van der Waals surface area (Å²) in [6, 6.07) is 0. The summed E-state index contributed by atoms with van der Waals surface area (Å²) >= 11 is 0. The van der Waals surface area contributed by atoms with E-state index in [2.05, 4.69) is 5.32 Å². The van der Waals surface area contributed by atoms with E-state index in [0.717, 1.165) is 25.9 Å². The topological polar surface area (TPSA) is 12.0 Å². The lowest BCUT2D eigenvalue weighted by Gasteiger charge is -2.52. The fraction of sp³-hybridized carbons (Fsp3) is 1.00. The predicted octanol–water partition coefficient (Wildman–Crippen LogP) is 0.708. The Morgan fingerprint density at radius 3 is 2.25 bits per heavy atom. The first-order chi connectivity index (χ1) is 3.83. The van der Waals surface area contributed by atoms with Gasteiger partial charge in [-0.15, -0.1) is 0 Å². The summed E-state index contributed by atoms with van der Waals surface area (Å²) in [5.41, 5.74) is 0.125. The highest BCUT2D eigenvalue weighted by Crippen LogP contribution is 2.46. The molecule has 2 heteroatoms. The third-order valence-electron chi connectivity index (χ3n) is 2.51. The van der Waals surface area contributed by atoms with Crippen molar-refractivity contribution in [1.82, 2.24) is 5.32 Å². The van der Waals surface area contributed by atoms with Crippen LogP contribution in [0.4, 0.5) is 4.39 Å². The summed E-state index contributed by atoms with van der Waals surface area (Å²) in [5, 5.41) is 3.09. The van der Waals surface area contributed by atoms with Crippen molar-refractivity contribution in [1.29, 1.82) is 0 Å². The molecule has 1 aliphatic heterocycles. The molecule has 0 bridgehead atoms. The lowest BCUT2D eigenvalue weighted by Crippen LogP contribution is -2.63. The van der Waals surface area contributed by atoms with E-state index in [4.69, 9.17) is 0 Å². The van der Waals surface area contributed by atoms with E-state index in [1.807, 2.05) is 0 Å². The van der Waals surface area contributed by atoms with Gasteiger partial charge in [0.1, 0.15) is 6.17 Å². The maximum absolute atomic E-state index is 12.6. The summed E-state index contributed by atoms with van der Waals surface area (Å²) in [7, 11) is 0. The highest BCUT2D eigenvalue weighted by Gasteiger charge is 2.51. The molecule has 0 aromatic carbocycles. The Kier molecular flexibility index (Phi) is 0.734. The second kappa shape index (κ2) is 1.24. The highest BCUT2D eigenvalue weighted by atomic mass is 19.1. The van der Waals surface area contributed by atoms with Crippen LogP contribution in [0.2, 0.25) is 0 Å². The lowest BCUT2D eigenvalue weighted by molar-refractivity contribution is -0.0457. The van der Waals surface area contributed by atoms with Gasteiger partial charge in [-0.1, -0.05) is 0 Å². The minimum atomic E-state index is -0.483. The van der Waals surface area contributed by atoms with Gasteiger partial charge in [0.2, 0.25) is 0 Å². The van der Waals surface area contributed by atoms with Gasteiger partial charge >= 0.3 is 0 Å². The molecule has 0 radical (unpaired) electrons. The summed E-state index contributed by atoms with van der Waals surface area (Å²) < 4.78 is 12.6. The Balaban J connectivity index is 2.03. The zero-order chi connectivity index (χ0) is 5.61. The van der Waals surface area contributed by atoms with Crippen LogP contribution in [0.15, 0.2) is 0 Å². The Morgan fingerprint density at radius 1 is 1.50 bits per heavy atom. The summed E-state index contributed by atoms with van der Waals surface area (Å²) in [6.07, 6.45) is 1.44. The van der Waals surface area contributed by atoms with Crippen LogP contribution in [0.25, 0.3) is 0 Å². The molecule has 2 aliphatic rings. The molecule has 1 heterocycles. The van der Waals surface area contributed by atoms with Gasteiger partial charge in [-0.2, -0.15) is 0 Å². The van der Waals surface area contributed by atoms with Crippen molar-refractivity contribution >= 4 is 0 Å². The lowest BCUT2D eigenvalue weighted by atomic mass is 9.63. The average molecular weight is 115 g/mol. The molecule has 2 rings (SSSR count). The first-order valence-electron chi connectivity index (χ1n) is 3.18. The van der Waals surface area contributed by atoms with Crippen molar-refractivity contribution in [2.24, 2.45) is 5.41 Å². The van der Waals surface area contributed by atoms with Crippen LogP contribution < -0.4 is 5.32 Å². The number of halogens is 1. The van der Waals surface area contributed by atoms with Crippen molar-refractivity contribution in [2.75, 3.05) is 13.1 Å². The van der Waals surface area contributed by atoms with Crippen molar-refractivity contribution in [3.8, 4) is 0 Å². The van der Waals surface area contributed by atoms with E-state index < -0.39 is 6.17 Å². The Morgan fingerprint density at radius 2 is 2.25 bits per heavy atom. The molecule has 1 saturated heterocycles. The van der Waals surface area contributed by atoms with Gasteiger partial charge in [0.15, 0.2) is 0 Å². The van der Waals surface area contributed by atoms with E-state index in [9.17, 15) is 4.39 Å². The van der Waals surface area contributed by atoms with Gasteiger partial charge in [-0.25, -0.2) is 4.39 Å². The first-order valence-corrected chi connectivity index (χ1v) is 3.18. The molecular formula is C6H10FN. The van der Waals surface area contributed by atoms with Crippen molar-refractivity contribution in [3.05, 3.63) is 0 Å². The smallest absolute Gasteiger partial charge is 0.108 e. The molecule has 0 aromatic rings. The molecule has 0 unspecified atom stereocenters. The quantitative estimate of drug-likeness (QED) is 0.490. The number of alkyl halides is 1. The van der Waals surface area contributed by atoms with Crippen LogP contribution in [0.3, 0.4) is 0 Å². The van der Waals surface area contributed by atoms with Gasteiger partial charge in [0, 0.05) is 18.5 Å². The molecule has 1 N–H and O–H groups in total. The fourth-order valence-corrected chi connectivity index (χ4v) is 1.51. The molecule has 0 aromatic heterocycles. The van der Waals surface area contributed by atoms with Crippen LogP contribution in [0.1, 0.15) is 12.8 Å². The van der Waals surface area contributed by atoms with E-state index in [1.165, 1.54) is 0 Å². The number of hydrogen-bond acceptors (Lipinski definition) is 1. The van der Waals surface area contributed by atoms with E-state index >= 15 is 0 Å². The van der Waals surface area contributed by atoms with E-state index in [1.54, 1.807) is 0 Å². The average Bonchev–Trinajstić information content (AvgIpc) is 1.58. The molecule has 2 fully saturated rings. The molecule has 1 aliphatic carbocycles. The number of hydrogen-bond donors (Lipinski definition) is 1. The second-order valence-electron chi connectivity index (χ2n) is 2.97. The maximum Gasteiger partial charge on any atom is 0.108 e. The molecule has 1 atom stereocenters. The van der Waals surface area contributed by atoms with Crippen LogP contribution in [0, 0.1) is 5.41 Å². The largest absolute Gasteiger partial charge is 0.315 e. The van der Waals surface area contributed by atoms with Crippen LogP contribution in [-0.2, 0) is 0 Å². The zero-order valence-corrected chi connectivity index (χ0v) is 4.78. The molecule has 1 spiro atoms. The summed E-state index contributed by atoms with van der Waals surface area (Å²) in [4.78, 5) is 0. The molecule has 1 nitrogen and oxygen atoms in total. The van der Waals surface area contributed by atoms with Crippen LogP contribution in [-0.4, -0.2) is 19.3 Å². The number of nitrogens with one attached hydrogen (secondary N) is 1. The van der Waals surface area contributed by atoms with Crippen LogP contribution in [0.5, 0.6) is 0 Å². The number of rotatable bonds is 0. The standard InChI is InChI=1S/C6H10FN/c7-5-1-2-6(5)3-8-4-6/h5,8H,1-4H2/t5-/m0/s1.